The van der Waals surface area contributed by atoms with Gasteiger partial charge in [0.15, 0.2) is 5.96 Å². The van der Waals surface area contributed by atoms with Crippen molar-refractivity contribution in [2.45, 2.75) is 39.7 Å². The normalized spacial score (nSPS) is 11.4. The maximum Gasteiger partial charge on any atom is 0.307 e. The zero-order chi connectivity index (χ0) is 18.9. The van der Waals surface area contributed by atoms with Crippen LogP contribution in [0.4, 0.5) is 4.39 Å². The number of halogens is 2. The predicted octanol–water partition coefficient (Wildman–Crippen LogP) is 3.36. The molecular formula is C19H28FIN4O2. The van der Waals surface area contributed by atoms with E-state index < -0.39 is 0 Å². The number of aromatic nitrogens is 1. The third-order valence-corrected chi connectivity index (χ3v) is 3.71. The number of nitrogens with one attached hydrogen (secondary N) is 3. The van der Waals surface area contributed by atoms with Crippen LogP contribution in [0.25, 0.3) is 10.9 Å². The molecular weight excluding hydrogens is 462 g/mol. The molecule has 0 spiro atoms. The van der Waals surface area contributed by atoms with Gasteiger partial charge in [0, 0.05) is 30.2 Å². The van der Waals surface area contributed by atoms with Crippen molar-refractivity contribution in [1.29, 1.82) is 0 Å². The van der Waals surface area contributed by atoms with Crippen LogP contribution in [0.5, 0.6) is 0 Å². The van der Waals surface area contributed by atoms with E-state index in [1.165, 1.54) is 6.07 Å². The van der Waals surface area contributed by atoms with Gasteiger partial charge < -0.3 is 20.4 Å². The quantitative estimate of drug-likeness (QED) is 0.230. The van der Waals surface area contributed by atoms with Gasteiger partial charge in [-0.25, -0.2) is 4.39 Å². The highest BCUT2D eigenvalue weighted by atomic mass is 127. The van der Waals surface area contributed by atoms with Crippen LogP contribution < -0.4 is 10.6 Å². The fourth-order valence-electron chi connectivity index (χ4n) is 2.60. The number of ether oxygens (including phenoxy) is 1. The molecule has 1 aromatic carbocycles. The lowest BCUT2D eigenvalue weighted by Gasteiger charge is -2.11. The molecule has 150 valence electrons. The van der Waals surface area contributed by atoms with Gasteiger partial charge in [0.05, 0.1) is 19.1 Å². The van der Waals surface area contributed by atoms with E-state index in [1.54, 1.807) is 12.1 Å². The first-order valence-electron chi connectivity index (χ1n) is 8.96. The Morgan fingerprint density at radius 2 is 2.11 bits per heavy atom. The second kappa shape index (κ2) is 11.8. The van der Waals surface area contributed by atoms with Gasteiger partial charge in [0.25, 0.3) is 0 Å². The largest absolute Gasteiger partial charge is 0.463 e. The SMILES string of the molecule is CCNC(=NCCC(=O)OC(C)C)NCCc1c[nH]c2ccc(F)cc12.I. The molecule has 0 radical (unpaired) electrons. The van der Waals surface area contributed by atoms with E-state index in [9.17, 15) is 9.18 Å². The number of esters is 1. The summed E-state index contributed by atoms with van der Waals surface area (Å²) in [5, 5.41) is 7.27. The highest BCUT2D eigenvalue weighted by Crippen LogP contribution is 2.19. The molecule has 1 heterocycles. The van der Waals surface area contributed by atoms with Gasteiger partial charge >= 0.3 is 5.97 Å². The van der Waals surface area contributed by atoms with Crippen molar-refractivity contribution in [3.05, 3.63) is 35.8 Å². The molecule has 0 atom stereocenters. The molecule has 0 amide bonds. The molecule has 2 rings (SSSR count). The van der Waals surface area contributed by atoms with E-state index in [-0.39, 0.29) is 48.3 Å². The molecule has 1 aromatic heterocycles. The second-order valence-electron chi connectivity index (χ2n) is 6.23. The molecule has 0 aliphatic carbocycles. The summed E-state index contributed by atoms with van der Waals surface area (Å²) in [4.78, 5) is 19.1. The Morgan fingerprint density at radius 3 is 2.81 bits per heavy atom. The van der Waals surface area contributed by atoms with Gasteiger partial charge in [-0.1, -0.05) is 0 Å². The number of fused-ring (bicyclic) bond motifs is 1. The topological polar surface area (TPSA) is 78.5 Å². The lowest BCUT2D eigenvalue weighted by molar-refractivity contribution is -0.147. The van der Waals surface area contributed by atoms with Crippen molar-refractivity contribution in [1.82, 2.24) is 15.6 Å². The van der Waals surface area contributed by atoms with E-state index in [1.807, 2.05) is 27.0 Å². The molecule has 0 saturated heterocycles. The summed E-state index contributed by atoms with van der Waals surface area (Å²) in [5.74, 6) is 0.158. The number of hydrogen-bond donors (Lipinski definition) is 3. The van der Waals surface area contributed by atoms with Crippen LogP contribution in [0.2, 0.25) is 0 Å². The first-order chi connectivity index (χ1) is 12.5. The number of nitrogens with zero attached hydrogens (tertiary/aromatic N) is 1. The van der Waals surface area contributed by atoms with Crippen molar-refractivity contribution < 1.29 is 13.9 Å². The van der Waals surface area contributed by atoms with Crippen LogP contribution in [-0.2, 0) is 16.0 Å². The van der Waals surface area contributed by atoms with Crippen LogP contribution in [0.3, 0.4) is 0 Å². The minimum atomic E-state index is -0.250. The number of aliphatic imine (C=N–C) groups is 1. The molecule has 6 nitrogen and oxygen atoms in total. The predicted molar refractivity (Wildman–Crippen MR) is 117 cm³/mol. The molecule has 0 aliphatic rings. The Kier molecular flexibility index (Phi) is 10.1. The van der Waals surface area contributed by atoms with Gasteiger partial charge in [-0.3, -0.25) is 9.79 Å². The van der Waals surface area contributed by atoms with Crippen molar-refractivity contribution >= 4 is 46.8 Å². The van der Waals surface area contributed by atoms with E-state index in [2.05, 4.69) is 20.6 Å². The number of hydrogen-bond acceptors (Lipinski definition) is 3. The van der Waals surface area contributed by atoms with Crippen LogP contribution in [0.15, 0.2) is 29.4 Å². The number of rotatable bonds is 8. The van der Waals surface area contributed by atoms with Crippen molar-refractivity contribution in [3.8, 4) is 0 Å². The maximum atomic E-state index is 13.4. The monoisotopic (exact) mass is 490 g/mol. The van der Waals surface area contributed by atoms with Crippen molar-refractivity contribution in [3.63, 3.8) is 0 Å². The number of H-pyrrole nitrogens is 1. The fraction of sp³-hybridized carbons (Fsp3) is 0.474. The third-order valence-electron chi connectivity index (χ3n) is 3.71. The van der Waals surface area contributed by atoms with Crippen LogP contribution in [0, 0.1) is 5.82 Å². The molecule has 0 aliphatic heterocycles. The Morgan fingerprint density at radius 1 is 1.33 bits per heavy atom. The molecule has 0 fully saturated rings. The highest BCUT2D eigenvalue weighted by molar-refractivity contribution is 14.0. The average Bonchev–Trinajstić information content (AvgIpc) is 2.96. The van der Waals surface area contributed by atoms with Crippen LogP contribution in [0.1, 0.15) is 32.8 Å². The Labute approximate surface area is 176 Å². The Hall–Kier alpha value is -1.84. The lowest BCUT2D eigenvalue weighted by atomic mass is 10.1. The summed E-state index contributed by atoms with van der Waals surface area (Å²) in [7, 11) is 0. The van der Waals surface area contributed by atoms with E-state index >= 15 is 0 Å². The Balaban J connectivity index is 0.00000364. The average molecular weight is 490 g/mol. The summed E-state index contributed by atoms with van der Waals surface area (Å²) >= 11 is 0. The molecule has 0 unspecified atom stereocenters. The summed E-state index contributed by atoms with van der Waals surface area (Å²) in [6.45, 7) is 7.35. The molecule has 8 heteroatoms. The first kappa shape index (κ1) is 23.2. The van der Waals surface area contributed by atoms with Crippen LogP contribution >= 0.6 is 24.0 Å². The molecule has 3 N–H and O–H groups in total. The molecule has 0 bridgehead atoms. The lowest BCUT2D eigenvalue weighted by Crippen LogP contribution is -2.38. The number of aromatic amines is 1. The van der Waals surface area contributed by atoms with Gasteiger partial charge in [-0.2, -0.15) is 0 Å². The van der Waals surface area contributed by atoms with Gasteiger partial charge in [-0.05, 0) is 51.0 Å². The van der Waals surface area contributed by atoms with Crippen molar-refractivity contribution in [2.75, 3.05) is 19.6 Å². The summed E-state index contributed by atoms with van der Waals surface area (Å²) in [5.41, 5.74) is 1.97. The van der Waals surface area contributed by atoms with Gasteiger partial charge in [-0.15, -0.1) is 24.0 Å². The van der Waals surface area contributed by atoms with Crippen molar-refractivity contribution in [2.24, 2.45) is 4.99 Å². The minimum Gasteiger partial charge on any atom is -0.463 e. The number of benzene rings is 1. The summed E-state index contributed by atoms with van der Waals surface area (Å²) < 4.78 is 18.5. The second-order valence-corrected chi connectivity index (χ2v) is 6.23. The highest BCUT2D eigenvalue weighted by Gasteiger charge is 2.07. The smallest absolute Gasteiger partial charge is 0.307 e. The fourth-order valence-corrected chi connectivity index (χ4v) is 2.60. The maximum absolute atomic E-state index is 13.4. The standard InChI is InChI=1S/C19H27FN4O2.HI/c1-4-21-19(23-10-8-18(25)26-13(2)3)22-9-7-14-12-24-17-6-5-15(20)11-16(14)17;/h5-6,11-13,24H,4,7-10H2,1-3H3,(H2,21,22,23);1H. The van der Waals surface area contributed by atoms with E-state index in [0.29, 0.717) is 19.0 Å². The van der Waals surface area contributed by atoms with Crippen LogP contribution in [-0.4, -0.2) is 42.7 Å². The van der Waals surface area contributed by atoms with E-state index in [4.69, 9.17) is 4.74 Å². The third kappa shape index (κ3) is 7.74. The number of carbonyl (C=O) groups excluding carboxylic acids is 1. The number of carbonyl (C=O) groups is 1. The summed E-state index contributed by atoms with van der Waals surface area (Å²) in [6.07, 6.45) is 2.76. The number of guanidine groups is 1. The Bertz CT molecular complexity index is 761. The summed E-state index contributed by atoms with van der Waals surface area (Å²) in [6, 6.07) is 4.73. The zero-order valence-corrected chi connectivity index (χ0v) is 18.3. The van der Waals surface area contributed by atoms with Gasteiger partial charge in [0.1, 0.15) is 5.82 Å². The minimum absolute atomic E-state index is 0. The van der Waals surface area contributed by atoms with Gasteiger partial charge in [0.2, 0.25) is 0 Å². The molecule has 0 saturated carbocycles. The molecule has 2 aromatic rings. The van der Waals surface area contributed by atoms with E-state index in [0.717, 1.165) is 29.4 Å². The molecule has 27 heavy (non-hydrogen) atoms. The zero-order valence-electron chi connectivity index (χ0n) is 16.0. The first-order valence-corrected chi connectivity index (χ1v) is 8.96.